The first-order valence-electron chi connectivity index (χ1n) is 9.17. The van der Waals surface area contributed by atoms with Gasteiger partial charge in [0.1, 0.15) is 0 Å². The minimum atomic E-state index is -0.0546. The lowest BCUT2D eigenvalue weighted by atomic mass is 10.1. The van der Waals surface area contributed by atoms with Crippen LogP contribution >= 0.6 is 11.3 Å². The van der Waals surface area contributed by atoms with Crippen LogP contribution in [0.1, 0.15) is 32.6 Å². The Morgan fingerprint density at radius 2 is 1.93 bits per heavy atom. The molecule has 2 heterocycles. The molecule has 0 aliphatic carbocycles. The second kappa shape index (κ2) is 7.52. The van der Waals surface area contributed by atoms with Crippen LogP contribution in [-0.4, -0.2) is 15.9 Å². The topological polar surface area (TPSA) is 46.1 Å². The van der Waals surface area contributed by atoms with Gasteiger partial charge in [-0.3, -0.25) is 14.7 Å². The maximum absolute atomic E-state index is 13.4. The van der Waals surface area contributed by atoms with E-state index in [4.69, 9.17) is 4.98 Å². The Hall–Kier alpha value is -3.05. The zero-order chi connectivity index (χ0) is 19.7. The Bertz CT molecular complexity index is 1150. The molecule has 0 bridgehead atoms. The van der Waals surface area contributed by atoms with E-state index in [1.54, 1.807) is 28.6 Å². The van der Waals surface area contributed by atoms with Gasteiger partial charge in [-0.1, -0.05) is 41.2 Å². The van der Waals surface area contributed by atoms with Gasteiger partial charge in [0.05, 0.1) is 16.8 Å². The third kappa shape index (κ3) is 3.53. The third-order valence-electron chi connectivity index (χ3n) is 4.88. The Morgan fingerprint density at radius 3 is 2.68 bits per heavy atom. The van der Waals surface area contributed by atoms with Gasteiger partial charge in [-0.15, -0.1) is 0 Å². The number of fused-ring (bicyclic) bond motifs is 1. The molecule has 0 fully saturated rings. The SMILES string of the molecule is Cc1cccc(C(=O)N(Cc2cccnc2)c2nc3c(C)c(C)ccc3s2)c1. The molecule has 0 N–H and O–H groups in total. The van der Waals surface area contributed by atoms with Crippen molar-refractivity contribution in [3.05, 3.63) is 88.7 Å². The number of carbonyl (C=O) groups is 1. The van der Waals surface area contributed by atoms with E-state index in [9.17, 15) is 4.79 Å². The highest BCUT2D eigenvalue weighted by Gasteiger charge is 2.22. The molecule has 5 heteroatoms. The molecule has 0 radical (unpaired) electrons. The summed E-state index contributed by atoms with van der Waals surface area (Å²) in [6, 6.07) is 15.7. The summed E-state index contributed by atoms with van der Waals surface area (Å²) in [5.74, 6) is -0.0546. The van der Waals surface area contributed by atoms with Crippen molar-refractivity contribution in [2.24, 2.45) is 0 Å². The molecule has 28 heavy (non-hydrogen) atoms. The van der Waals surface area contributed by atoms with Crippen molar-refractivity contribution in [2.75, 3.05) is 4.90 Å². The first-order chi connectivity index (χ1) is 13.5. The summed E-state index contributed by atoms with van der Waals surface area (Å²) < 4.78 is 1.09. The van der Waals surface area contributed by atoms with Crippen LogP contribution < -0.4 is 4.90 Å². The monoisotopic (exact) mass is 387 g/mol. The molecular formula is C23H21N3OS. The molecular weight excluding hydrogens is 366 g/mol. The smallest absolute Gasteiger partial charge is 0.260 e. The number of aryl methyl sites for hydroxylation is 3. The molecule has 2 aromatic heterocycles. The lowest BCUT2D eigenvalue weighted by Crippen LogP contribution is -2.30. The highest BCUT2D eigenvalue weighted by atomic mass is 32.1. The molecule has 0 aliphatic rings. The molecule has 0 spiro atoms. The largest absolute Gasteiger partial charge is 0.279 e. The molecule has 0 saturated heterocycles. The summed E-state index contributed by atoms with van der Waals surface area (Å²) in [7, 11) is 0. The lowest BCUT2D eigenvalue weighted by molar-refractivity contribution is 0.0985. The average Bonchev–Trinajstić information content (AvgIpc) is 3.14. The highest BCUT2D eigenvalue weighted by Crippen LogP contribution is 2.33. The van der Waals surface area contributed by atoms with Gasteiger partial charge in [-0.05, 0) is 61.7 Å². The van der Waals surface area contributed by atoms with E-state index in [1.165, 1.54) is 5.56 Å². The quantitative estimate of drug-likeness (QED) is 0.467. The van der Waals surface area contributed by atoms with E-state index in [0.29, 0.717) is 17.2 Å². The molecule has 4 rings (SSSR count). The van der Waals surface area contributed by atoms with Crippen molar-refractivity contribution in [3.8, 4) is 0 Å². The first-order valence-corrected chi connectivity index (χ1v) is 9.99. The maximum Gasteiger partial charge on any atom is 0.260 e. The second-order valence-corrected chi connectivity index (χ2v) is 7.98. The Balaban J connectivity index is 1.80. The molecule has 0 atom stereocenters. The Kier molecular flexibility index (Phi) is 4.92. The number of aromatic nitrogens is 2. The number of anilines is 1. The number of benzene rings is 2. The van der Waals surface area contributed by atoms with Crippen molar-refractivity contribution >= 4 is 32.6 Å². The van der Waals surface area contributed by atoms with E-state index in [2.05, 4.69) is 31.0 Å². The zero-order valence-corrected chi connectivity index (χ0v) is 17.0. The fraction of sp³-hybridized carbons (Fsp3) is 0.174. The van der Waals surface area contributed by atoms with Crippen molar-refractivity contribution in [1.29, 1.82) is 0 Å². The minimum absolute atomic E-state index is 0.0546. The Morgan fingerprint density at radius 1 is 1.07 bits per heavy atom. The van der Waals surface area contributed by atoms with Crippen molar-refractivity contribution in [1.82, 2.24) is 9.97 Å². The zero-order valence-electron chi connectivity index (χ0n) is 16.1. The maximum atomic E-state index is 13.4. The molecule has 1 amide bonds. The molecule has 4 nitrogen and oxygen atoms in total. The molecule has 0 unspecified atom stereocenters. The van der Waals surface area contributed by atoms with E-state index in [1.807, 2.05) is 43.3 Å². The number of carbonyl (C=O) groups excluding carboxylic acids is 1. The normalized spacial score (nSPS) is 11.0. The first kappa shape index (κ1) is 18.3. The van der Waals surface area contributed by atoms with Crippen LogP contribution in [0, 0.1) is 20.8 Å². The van der Waals surface area contributed by atoms with E-state index in [0.717, 1.165) is 26.9 Å². The Labute approximate surface area is 168 Å². The van der Waals surface area contributed by atoms with Gasteiger partial charge in [0, 0.05) is 18.0 Å². The van der Waals surface area contributed by atoms with Crippen LogP contribution in [0.4, 0.5) is 5.13 Å². The number of hydrogen-bond acceptors (Lipinski definition) is 4. The van der Waals surface area contributed by atoms with Gasteiger partial charge in [-0.2, -0.15) is 0 Å². The van der Waals surface area contributed by atoms with Crippen LogP contribution in [0.25, 0.3) is 10.2 Å². The number of amides is 1. The molecule has 2 aromatic carbocycles. The predicted octanol–water partition coefficient (Wildman–Crippen LogP) is 5.46. The molecule has 0 saturated carbocycles. The van der Waals surface area contributed by atoms with E-state index < -0.39 is 0 Å². The summed E-state index contributed by atoms with van der Waals surface area (Å²) in [5.41, 5.74) is 6.01. The summed E-state index contributed by atoms with van der Waals surface area (Å²) in [6.45, 7) is 6.58. The predicted molar refractivity (Wildman–Crippen MR) is 115 cm³/mol. The van der Waals surface area contributed by atoms with Crippen LogP contribution in [-0.2, 0) is 6.54 Å². The molecule has 4 aromatic rings. The van der Waals surface area contributed by atoms with Crippen molar-refractivity contribution in [3.63, 3.8) is 0 Å². The summed E-state index contributed by atoms with van der Waals surface area (Å²) in [4.78, 5) is 24.2. The minimum Gasteiger partial charge on any atom is -0.279 e. The number of hydrogen-bond donors (Lipinski definition) is 0. The third-order valence-corrected chi connectivity index (χ3v) is 5.92. The average molecular weight is 388 g/mol. The van der Waals surface area contributed by atoms with Crippen LogP contribution in [0.5, 0.6) is 0 Å². The number of rotatable bonds is 4. The van der Waals surface area contributed by atoms with E-state index >= 15 is 0 Å². The number of pyridine rings is 1. The van der Waals surface area contributed by atoms with Gasteiger partial charge in [-0.25, -0.2) is 4.98 Å². The van der Waals surface area contributed by atoms with Crippen molar-refractivity contribution in [2.45, 2.75) is 27.3 Å². The van der Waals surface area contributed by atoms with Crippen LogP contribution in [0.15, 0.2) is 60.9 Å². The fourth-order valence-corrected chi connectivity index (χ4v) is 4.19. The highest BCUT2D eigenvalue weighted by molar-refractivity contribution is 7.22. The van der Waals surface area contributed by atoms with Gasteiger partial charge in [0.2, 0.25) is 0 Å². The van der Waals surface area contributed by atoms with Gasteiger partial charge >= 0.3 is 0 Å². The van der Waals surface area contributed by atoms with Crippen LogP contribution in [0.2, 0.25) is 0 Å². The van der Waals surface area contributed by atoms with Gasteiger partial charge in [0.25, 0.3) is 5.91 Å². The fourth-order valence-electron chi connectivity index (χ4n) is 3.16. The summed E-state index contributed by atoms with van der Waals surface area (Å²) >= 11 is 1.55. The molecule has 140 valence electrons. The summed E-state index contributed by atoms with van der Waals surface area (Å²) in [6.07, 6.45) is 3.53. The van der Waals surface area contributed by atoms with Crippen molar-refractivity contribution < 1.29 is 4.79 Å². The van der Waals surface area contributed by atoms with Gasteiger partial charge < -0.3 is 0 Å². The number of nitrogens with zero attached hydrogens (tertiary/aromatic N) is 3. The molecule has 0 aliphatic heterocycles. The van der Waals surface area contributed by atoms with E-state index in [-0.39, 0.29) is 5.91 Å². The summed E-state index contributed by atoms with van der Waals surface area (Å²) in [5, 5.41) is 0.707. The lowest BCUT2D eigenvalue weighted by Gasteiger charge is -2.20. The number of thiazole rings is 1. The second-order valence-electron chi connectivity index (χ2n) is 6.97. The van der Waals surface area contributed by atoms with Crippen LogP contribution in [0.3, 0.4) is 0 Å². The van der Waals surface area contributed by atoms with Gasteiger partial charge in [0.15, 0.2) is 5.13 Å². The standard InChI is InChI=1S/C23H21N3OS/c1-15-6-4-8-19(12-15)22(27)26(14-18-7-5-11-24-13-18)23-25-21-17(3)16(2)9-10-20(21)28-23/h4-13H,14H2,1-3H3.